The Morgan fingerprint density at radius 3 is 2.31 bits per heavy atom. The smallest absolute Gasteiger partial charge is 0.277 e. The maximum Gasteiger partial charge on any atom is 0.277 e. The van der Waals surface area contributed by atoms with Crippen LogP contribution in [0.15, 0.2) is 50.5 Å². The van der Waals surface area contributed by atoms with E-state index in [0.717, 1.165) is 16.2 Å². The topological polar surface area (TPSA) is 95.7 Å². The molecule has 0 aliphatic rings. The molecule has 0 spiro atoms. The zero-order chi connectivity index (χ0) is 20.8. The van der Waals surface area contributed by atoms with Crippen molar-refractivity contribution in [2.75, 3.05) is 32.4 Å². The minimum Gasteiger partial charge on any atom is -0.493 e. The number of thioether (sulfide) groups is 1. The molecule has 3 rings (SSSR count). The van der Waals surface area contributed by atoms with Crippen molar-refractivity contribution in [2.45, 2.75) is 5.22 Å². The van der Waals surface area contributed by atoms with Gasteiger partial charge >= 0.3 is 0 Å². The number of rotatable bonds is 8. The molecule has 0 saturated carbocycles. The van der Waals surface area contributed by atoms with Gasteiger partial charge in [0.1, 0.15) is 0 Å². The molecule has 0 unspecified atom stereocenters. The number of halogens is 1. The second-order valence-corrected chi connectivity index (χ2v) is 7.47. The molecular weight excluding hydrogens is 462 g/mol. The highest BCUT2D eigenvalue weighted by Gasteiger charge is 2.18. The molecule has 2 aromatic carbocycles. The summed E-state index contributed by atoms with van der Waals surface area (Å²) in [5, 5.41) is 11.1. The minimum atomic E-state index is -0.176. The summed E-state index contributed by atoms with van der Waals surface area (Å²) in [6, 6.07) is 10.7. The van der Waals surface area contributed by atoms with Gasteiger partial charge in [0.25, 0.3) is 5.22 Å². The van der Waals surface area contributed by atoms with Crippen molar-refractivity contribution >= 4 is 39.3 Å². The van der Waals surface area contributed by atoms with Crippen LogP contribution in [-0.2, 0) is 4.79 Å². The van der Waals surface area contributed by atoms with Crippen LogP contribution in [0.1, 0.15) is 0 Å². The SMILES string of the molecule is COc1cc(-c2nnc(SCC(=O)Nc3ccc(Br)cc3)o2)cc(OC)c1OC. The molecule has 29 heavy (non-hydrogen) atoms. The van der Waals surface area contributed by atoms with E-state index < -0.39 is 0 Å². The summed E-state index contributed by atoms with van der Waals surface area (Å²) in [5.74, 6) is 1.65. The molecule has 0 aliphatic heterocycles. The van der Waals surface area contributed by atoms with E-state index in [4.69, 9.17) is 18.6 Å². The maximum atomic E-state index is 12.1. The van der Waals surface area contributed by atoms with E-state index in [9.17, 15) is 4.79 Å². The van der Waals surface area contributed by atoms with Gasteiger partial charge in [-0.25, -0.2) is 0 Å². The van der Waals surface area contributed by atoms with Crippen molar-refractivity contribution in [3.63, 3.8) is 0 Å². The van der Waals surface area contributed by atoms with E-state index in [-0.39, 0.29) is 22.8 Å². The number of carbonyl (C=O) groups excluding carboxylic acids is 1. The maximum absolute atomic E-state index is 12.1. The van der Waals surface area contributed by atoms with Crippen molar-refractivity contribution in [2.24, 2.45) is 0 Å². The lowest BCUT2D eigenvalue weighted by Gasteiger charge is -2.12. The molecule has 1 aromatic heterocycles. The number of aromatic nitrogens is 2. The van der Waals surface area contributed by atoms with Crippen LogP contribution in [0.25, 0.3) is 11.5 Å². The molecule has 0 atom stereocenters. The first kappa shape index (κ1) is 21.0. The van der Waals surface area contributed by atoms with Crippen LogP contribution >= 0.6 is 27.7 Å². The highest BCUT2D eigenvalue weighted by molar-refractivity contribution is 9.10. The Hall–Kier alpha value is -2.72. The lowest BCUT2D eigenvalue weighted by Crippen LogP contribution is -2.13. The van der Waals surface area contributed by atoms with Gasteiger partial charge in [0.2, 0.25) is 17.5 Å². The monoisotopic (exact) mass is 479 g/mol. The van der Waals surface area contributed by atoms with Gasteiger partial charge in [-0.05, 0) is 36.4 Å². The predicted octanol–water partition coefficient (Wildman–Crippen LogP) is 4.26. The lowest BCUT2D eigenvalue weighted by atomic mass is 10.2. The molecule has 152 valence electrons. The first-order chi connectivity index (χ1) is 14.0. The minimum absolute atomic E-state index is 0.132. The van der Waals surface area contributed by atoms with Crippen molar-refractivity contribution in [3.8, 4) is 28.7 Å². The fourth-order valence-corrected chi connectivity index (χ4v) is 3.27. The Morgan fingerprint density at radius 1 is 1.07 bits per heavy atom. The van der Waals surface area contributed by atoms with E-state index in [1.54, 1.807) is 12.1 Å². The van der Waals surface area contributed by atoms with Crippen molar-refractivity contribution in [1.29, 1.82) is 0 Å². The summed E-state index contributed by atoms with van der Waals surface area (Å²) in [5.41, 5.74) is 1.32. The number of amides is 1. The normalized spacial score (nSPS) is 10.5. The van der Waals surface area contributed by atoms with Crippen molar-refractivity contribution in [3.05, 3.63) is 40.9 Å². The standard InChI is InChI=1S/C19H18BrN3O5S/c1-25-14-8-11(9-15(26-2)17(14)27-3)18-22-23-19(28-18)29-10-16(24)21-13-6-4-12(20)5-7-13/h4-9H,10H2,1-3H3,(H,21,24). The van der Waals surface area contributed by atoms with Gasteiger partial charge in [0.15, 0.2) is 11.5 Å². The third kappa shape index (κ3) is 5.21. The molecule has 10 heteroatoms. The third-order valence-corrected chi connectivity index (χ3v) is 5.12. The molecular formula is C19H18BrN3O5S. The fraction of sp³-hybridized carbons (Fsp3) is 0.211. The Kier molecular flexibility index (Phi) is 6.99. The van der Waals surface area contributed by atoms with Crippen LogP contribution in [0, 0.1) is 0 Å². The highest BCUT2D eigenvalue weighted by Crippen LogP contribution is 2.41. The molecule has 0 radical (unpaired) electrons. The highest BCUT2D eigenvalue weighted by atomic mass is 79.9. The largest absolute Gasteiger partial charge is 0.493 e. The average Bonchev–Trinajstić information content (AvgIpc) is 3.22. The van der Waals surface area contributed by atoms with Gasteiger partial charge in [0.05, 0.1) is 27.1 Å². The molecule has 1 amide bonds. The van der Waals surface area contributed by atoms with Crippen LogP contribution in [0.3, 0.4) is 0 Å². The summed E-state index contributed by atoms with van der Waals surface area (Å²) in [4.78, 5) is 12.1. The number of ether oxygens (including phenoxy) is 3. The fourth-order valence-electron chi connectivity index (χ4n) is 2.45. The van der Waals surface area contributed by atoms with E-state index in [2.05, 4.69) is 31.4 Å². The van der Waals surface area contributed by atoms with Gasteiger partial charge in [-0.2, -0.15) is 0 Å². The Bertz CT molecular complexity index is 969. The van der Waals surface area contributed by atoms with Gasteiger partial charge in [-0.1, -0.05) is 27.7 Å². The van der Waals surface area contributed by atoms with Crippen LogP contribution in [0.4, 0.5) is 5.69 Å². The molecule has 1 N–H and O–H groups in total. The van der Waals surface area contributed by atoms with Crippen LogP contribution < -0.4 is 19.5 Å². The molecule has 1 heterocycles. The predicted molar refractivity (Wildman–Crippen MR) is 113 cm³/mol. The number of hydrogen-bond acceptors (Lipinski definition) is 8. The van der Waals surface area contributed by atoms with Gasteiger partial charge in [-0.3, -0.25) is 4.79 Å². The molecule has 0 aliphatic carbocycles. The second-order valence-electron chi connectivity index (χ2n) is 5.63. The number of anilines is 1. The number of nitrogens with zero attached hydrogens (tertiary/aromatic N) is 2. The number of hydrogen-bond donors (Lipinski definition) is 1. The summed E-state index contributed by atoms with van der Waals surface area (Å²) in [6.45, 7) is 0. The van der Waals surface area contributed by atoms with E-state index in [0.29, 0.717) is 28.5 Å². The molecule has 3 aromatic rings. The molecule has 0 saturated heterocycles. The number of methoxy groups -OCH3 is 3. The summed E-state index contributed by atoms with van der Waals surface area (Å²) < 4.78 is 22.6. The van der Waals surface area contributed by atoms with E-state index in [1.165, 1.54) is 21.3 Å². The molecule has 0 bridgehead atoms. The van der Waals surface area contributed by atoms with Crippen LogP contribution in [-0.4, -0.2) is 43.2 Å². The molecule has 0 fully saturated rings. The van der Waals surface area contributed by atoms with Gasteiger partial charge < -0.3 is 23.9 Å². The quantitative estimate of drug-likeness (QED) is 0.478. The average molecular weight is 480 g/mol. The number of nitrogens with one attached hydrogen (secondary N) is 1. The van der Waals surface area contributed by atoms with E-state index >= 15 is 0 Å². The third-order valence-electron chi connectivity index (χ3n) is 3.77. The number of carbonyl (C=O) groups is 1. The Morgan fingerprint density at radius 2 is 1.72 bits per heavy atom. The molecule has 8 nitrogen and oxygen atoms in total. The van der Waals surface area contributed by atoms with Crippen LogP contribution in [0.2, 0.25) is 0 Å². The Labute approximate surface area is 180 Å². The summed E-state index contributed by atoms with van der Waals surface area (Å²) >= 11 is 4.50. The first-order valence-electron chi connectivity index (χ1n) is 8.36. The second kappa shape index (κ2) is 9.66. The number of benzene rings is 2. The van der Waals surface area contributed by atoms with Gasteiger partial charge in [-0.15, -0.1) is 10.2 Å². The van der Waals surface area contributed by atoms with E-state index in [1.807, 2.05) is 24.3 Å². The van der Waals surface area contributed by atoms with Gasteiger partial charge in [0, 0.05) is 15.7 Å². The zero-order valence-electron chi connectivity index (χ0n) is 15.9. The summed E-state index contributed by atoms with van der Waals surface area (Å²) in [7, 11) is 4.58. The van der Waals surface area contributed by atoms with Crippen molar-refractivity contribution in [1.82, 2.24) is 10.2 Å². The zero-order valence-corrected chi connectivity index (χ0v) is 18.3. The lowest BCUT2D eigenvalue weighted by molar-refractivity contribution is -0.113. The van der Waals surface area contributed by atoms with Crippen LogP contribution in [0.5, 0.6) is 17.2 Å². The summed E-state index contributed by atoms with van der Waals surface area (Å²) in [6.07, 6.45) is 0. The first-order valence-corrected chi connectivity index (χ1v) is 10.1. The van der Waals surface area contributed by atoms with Crippen molar-refractivity contribution < 1.29 is 23.4 Å². The Balaban J connectivity index is 1.67.